The second-order valence-corrected chi connectivity index (χ2v) is 12.4. The van der Waals surface area contributed by atoms with Crippen LogP contribution in [0.4, 0.5) is 15.8 Å². The highest BCUT2D eigenvalue weighted by Gasteiger charge is 2.18. The van der Waals surface area contributed by atoms with Gasteiger partial charge in [0, 0.05) is 21.8 Å². The van der Waals surface area contributed by atoms with Crippen molar-refractivity contribution in [3.8, 4) is 5.75 Å². The van der Waals surface area contributed by atoms with Crippen LogP contribution in [0.5, 0.6) is 5.75 Å². The summed E-state index contributed by atoms with van der Waals surface area (Å²) in [7, 11) is 0. The fraction of sp³-hybridized carbons (Fsp3) is 0.0789. The molecule has 0 aliphatic carbocycles. The number of thioether (sulfide) groups is 1. The van der Waals surface area contributed by atoms with Gasteiger partial charge in [-0.25, -0.2) is 4.39 Å². The molecule has 0 spiro atoms. The van der Waals surface area contributed by atoms with Crippen molar-refractivity contribution in [3.63, 3.8) is 0 Å². The van der Waals surface area contributed by atoms with Crippen LogP contribution >= 0.6 is 23.4 Å². The van der Waals surface area contributed by atoms with E-state index in [-0.39, 0.29) is 16.6 Å². The zero-order valence-electron chi connectivity index (χ0n) is 25.8. The first kappa shape index (κ1) is 34.0. The van der Waals surface area contributed by atoms with E-state index in [1.54, 1.807) is 85.8 Å². The van der Waals surface area contributed by atoms with Crippen LogP contribution in [0.15, 0.2) is 138 Å². The lowest BCUT2D eigenvalue weighted by Gasteiger charge is -2.14. The second-order valence-electron chi connectivity index (χ2n) is 10.6. The molecule has 0 saturated carbocycles. The predicted molar refractivity (Wildman–Crippen MR) is 190 cm³/mol. The molecule has 5 aromatic rings. The zero-order valence-corrected chi connectivity index (χ0v) is 27.4. The summed E-state index contributed by atoms with van der Waals surface area (Å²) < 4.78 is 19.4. The lowest BCUT2D eigenvalue weighted by Crippen LogP contribution is -2.30. The minimum absolute atomic E-state index is 0.0329. The Labute approximate surface area is 287 Å². The first-order valence-corrected chi connectivity index (χ1v) is 16.2. The highest BCUT2D eigenvalue weighted by atomic mass is 35.5. The van der Waals surface area contributed by atoms with Crippen LogP contribution in [-0.2, 0) is 16.2 Å². The molecule has 0 aliphatic rings. The van der Waals surface area contributed by atoms with Crippen molar-refractivity contribution in [2.75, 3.05) is 10.6 Å². The van der Waals surface area contributed by atoms with E-state index in [9.17, 15) is 18.8 Å². The molecule has 5 aromatic carbocycles. The van der Waals surface area contributed by atoms with Gasteiger partial charge in [0.05, 0.1) is 10.3 Å². The second kappa shape index (κ2) is 16.4. The first-order valence-electron chi connectivity index (χ1n) is 14.9. The van der Waals surface area contributed by atoms with E-state index in [1.807, 2.05) is 36.4 Å². The Balaban J connectivity index is 1.28. The number of halogens is 2. The van der Waals surface area contributed by atoms with Gasteiger partial charge in [-0.2, -0.15) is 0 Å². The van der Waals surface area contributed by atoms with E-state index < -0.39 is 22.9 Å². The summed E-state index contributed by atoms with van der Waals surface area (Å²) in [4.78, 5) is 40.1. The van der Waals surface area contributed by atoms with Crippen LogP contribution in [0.3, 0.4) is 0 Å². The number of hydrogen-bond donors (Lipinski definition) is 3. The number of amides is 3. The predicted octanol–water partition coefficient (Wildman–Crippen LogP) is 8.59. The molecule has 0 fully saturated rings. The molecule has 3 amide bonds. The van der Waals surface area contributed by atoms with Crippen LogP contribution in [-0.4, -0.2) is 23.0 Å². The normalized spacial score (nSPS) is 11.7. The molecule has 242 valence electrons. The van der Waals surface area contributed by atoms with Crippen LogP contribution in [0.2, 0.25) is 5.02 Å². The Bertz CT molecular complexity index is 1920. The summed E-state index contributed by atoms with van der Waals surface area (Å²) in [5.41, 5.74) is 2.99. The van der Waals surface area contributed by atoms with E-state index >= 15 is 0 Å². The SMILES string of the molecule is CC(Sc1cccc(NC(=O)/C(=C\c2ccc(OCc3ccccc3)cc2)NC(=O)c2ccccc2)c1)C(=O)Nc1ccc(F)c(Cl)c1. The molecule has 0 saturated heterocycles. The summed E-state index contributed by atoms with van der Waals surface area (Å²) in [6.07, 6.45) is 1.59. The Hall–Kier alpha value is -5.38. The number of nitrogens with one attached hydrogen (secondary N) is 3. The first-order chi connectivity index (χ1) is 23.2. The Morgan fingerprint density at radius 1 is 0.812 bits per heavy atom. The third kappa shape index (κ3) is 9.81. The number of carbonyl (C=O) groups is 3. The van der Waals surface area contributed by atoms with Crippen molar-refractivity contribution >= 4 is 58.5 Å². The molecule has 1 atom stereocenters. The van der Waals surface area contributed by atoms with Gasteiger partial charge in [-0.05, 0) is 84.8 Å². The largest absolute Gasteiger partial charge is 0.489 e. The van der Waals surface area contributed by atoms with Gasteiger partial charge in [0.15, 0.2) is 0 Å². The molecule has 0 bridgehead atoms. The van der Waals surface area contributed by atoms with Crippen molar-refractivity contribution in [1.29, 1.82) is 0 Å². The molecule has 3 N–H and O–H groups in total. The Morgan fingerprint density at radius 3 is 2.21 bits per heavy atom. The molecule has 7 nitrogen and oxygen atoms in total. The minimum Gasteiger partial charge on any atom is -0.489 e. The maximum Gasteiger partial charge on any atom is 0.272 e. The summed E-state index contributed by atoms with van der Waals surface area (Å²) in [5, 5.41) is 7.71. The quantitative estimate of drug-likeness (QED) is 0.0907. The molecule has 0 aromatic heterocycles. The van der Waals surface area contributed by atoms with Gasteiger partial charge in [-0.3, -0.25) is 14.4 Å². The number of carbonyl (C=O) groups excluding carboxylic acids is 3. The lowest BCUT2D eigenvalue weighted by molar-refractivity contribution is -0.115. The summed E-state index contributed by atoms with van der Waals surface area (Å²) in [5.74, 6) is -1.19. The van der Waals surface area contributed by atoms with Gasteiger partial charge in [0.25, 0.3) is 11.8 Å². The van der Waals surface area contributed by atoms with Crippen molar-refractivity contribution in [1.82, 2.24) is 5.32 Å². The van der Waals surface area contributed by atoms with E-state index in [2.05, 4.69) is 16.0 Å². The number of benzene rings is 5. The monoisotopic (exact) mass is 679 g/mol. The van der Waals surface area contributed by atoms with Crippen LogP contribution in [0.25, 0.3) is 6.08 Å². The summed E-state index contributed by atoms with van der Waals surface area (Å²) in [6.45, 7) is 2.15. The average molecular weight is 680 g/mol. The van der Waals surface area contributed by atoms with Crippen LogP contribution < -0.4 is 20.7 Å². The van der Waals surface area contributed by atoms with Crippen molar-refractivity contribution in [2.45, 2.75) is 23.7 Å². The molecule has 0 radical (unpaired) electrons. The lowest BCUT2D eigenvalue weighted by atomic mass is 10.1. The van der Waals surface area contributed by atoms with Crippen molar-refractivity contribution < 1.29 is 23.5 Å². The fourth-order valence-corrected chi connectivity index (χ4v) is 5.54. The highest BCUT2D eigenvalue weighted by Crippen LogP contribution is 2.28. The van der Waals surface area contributed by atoms with Crippen LogP contribution in [0.1, 0.15) is 28.4 Å². The van der Waals surface area contributed by atoms with Gasteiger partial charge in [-0.1, -0.05) is 78.3 Å². The zero-order chi connectivity index (χ0) is 33.9. The molecule has 0 aliphatic heterocycles. The van der Waals surface area contributed by atoms with Gasteiger partial charge in [-0.15, -0.1) is 11.8 Å². The van der Waals surface area contributed by atoms with E-state index in [4.69, 9.17) is 16.3 Å². The smallest absolute Gasteiger partial charge is 0.272 e. The van der Waals surface area contributed by atoms with Gasteiger partial charge >= 0.3 is 0 Å². The van der Waals surface area contributed by atoms with Crippen molar-refractivity contribution in [3.05, 3.63) is 161 Å². The molecule has 1 unspecified atom stereocenters. The van der Waals surface area contributed by atoms with E-state index in [0.717, 1.165) is 10.5 Å². The number of rotatable bonds is 12. The Kier molecular flexibility index (Phi) is 11.6. The molecule has 5 rings (SSSR count). The molecule has 48 heavy (non-hydrogen) atoms. The standard InChI is InChI=1S/C38H31ClFN3O4S/c1-25(36(44)41-30-17-20-34(40)33(39)23-30)48-32-14-8-13-29(22-32)42-38(46)35(43-37(45)28-11-6-3-7-12-28)21-26-15-18-31(19-16-26)47-24-27-9-4-2-5-10-27/h2-23,25H,24H2,1H3,(H,41,44)(H,42,46)(H,43,45)/b35-21+. The third-order valence-electron chi connectivity index (χ3n) is 6.93. The number of anilines is 2. The average Bonchev–Trinajstić information content (AvgIpc) is 3.10. The van der Waals surface area contributed by atoms with Crippen LogP contribution in [0, 0.1) is 5.82 Å². The number of hydrogen-bond acceptors (Lipinski definition) is 5. The molecular formula is C38H31ClFN3O4S. The fourth-order valence-electron chi connectivity index (χ4n) is 4.43. The Morgan fingerprint density at radius 2 is 1.50 bits per heavy atom. The van der Waals surface area contributed by atoms with Gasteiger partial charge < -0.3 is 20.7 Å². The topological polar surface area (TPSA) is 96.5 Å². The van der Waals surface area contributed by atoms with Gasteiger partial charge in [0.1, 0.15) is 23.9 Å². The van der Waals surface area contributed by atoms with Gasteiger partial charge in [0.2, 0.25) is 5.91 Å². The maximum atomic E-state index is 13.6. The number of ether oxygens (including phenoxy) is 1. The molecular weight excluding hydrogens is 649 g/mol. The highest BCUT2D eigenvalue weighted by molar-refractivity contribution is 8.00. The molecule has 0 heterocycles. The summed E-state index contributed by atoms with van der Waals surface area (Å²) in [6, 6.07) is 36.6. The molecule has 10 heteroatoms. The van der Waals surface area contributed by atoms with Crippen molar-refractivity contribution in [2.24, 2.45) is 0 Å². The van der Waals surface area contributed by atoms with E-state index in [0.29, 0.717) is 34.9 Å². The third-order valence-corrected chi connectivity index (χ3v) is 8.31. The maximum absolute atomic E-state index is 13.6. The minimum atomic E-state index is -0.573. The van der Waals surface area contributed by atoms with E-state index in [1.165, 1.54) is 30.0 Å². The summed E-state index contributed by atoms with van der Waals surface area (Å²) >= 11 is 7.11.